The summed E-state index contributed by atoms with van der Waals surface area (Å²) in [6.07, 6.45) is -4.81. The number of carbonyl (C=O) groups is 2. The highest BCUT2D eigenvalue weighted by Crippen LogP contribution is 2.43. The van der Waals surface area contributed by atoms with E-state index in [9.17, 15) is 31.2 Å². The molecule has 0 bridgehead atoms. The van der Waals surface area contributed by atoms with Crippen LogP contribution in [0.1, 0.15) is 47.8 Å². The van der Waals surface area contributed by atoms with E-state index < -0.39 is 44.5 Å². The number of ether oxygens (including phenoxy) is 1. The van der Waals surface area contributed by atoms with Gasteiger partial charge in [-0.05, 0) is 56.7 Å². The number of hydrogen-bond acceptors (Lipinski definition) is 5. The molecule has 0 saturated carbocycles. The summed E-state index contributed by atoms with van der Waals surface area (Å²) in [4.78, 5) is 24.4. The van der Waals surface area contributed by atoms with Crippen LogP contribution in [0.15, 0.2) is 47.4 Å². The van der Waals surface area contributed by atoms with E-state index in [-0.39, 0.29) is 27.4 Å². The van der Waals surface area contributed by atoms with Gasteiger partial charge < -0.3 is 4.74 Å². The first kappa shape index (κ1) is 22.7. The Balaban J connectivity index is 2.24. The van der Waals surface area contributed by atoms with Crippen LogP contribution < -0.4 is 5.14 Å². The molecule has 6 nitrogen and oxygen atoms in total. The van der Waals surface area contributed by atoms with Gasteiger partial charge in [-0.1, -0.05) is 12.1 Å². The van der Waals surface area contributed by atoms with Crippen molar-refractivity contribution >= 4 is 32.9 Å². The summed E-state index contributed by atoms with van der Waals surface area (Å²) in [5, 5.41) is 5.08. The first-order valence-corrected chi connectivity index (χ1v) is 10.5. The van der Waals surface area contributed by atoms with Gasteiger partial charge in [-0.2, -0.15) is 13.2 Å². The van der Waals surface area contributed by atoms with E-state index in [2.05, 4.69) is 0 Å². The molecule has 0 amide bonds. The zero-order valence-corrected chi connectivity index (χ0v) is 17.5. The second kappa shape index (κ2) is 7.31. The van der Waals surface area contributed by atoms with Gasteiger partial charge >= 0.3 is 6.18 Å². The van der Waals surface area contributed by atoms with Crippen LogP contribution >= 0.6 is 0 Å². The van der Waals surface area contributed by atoms with E-state index in [0.29, 0.717) is 0 Å². The van der Waals surface area contributed by atoms with Crippen LogP contribution in [0.25, 0.3) is 11.3 Å². The van der Waals surface area contributed by atoms with Gasteiger partial charge in [0.05, 0.1) is 16.0 Å². The number of alkyl halides is 3. The highest BCUT2D eigenvalue weighted by molar-refractivity contribution is 7.89. The van der Waals surface area contributed by atoms with Gasteiger partial charge in [0, 0.05) is 11.1 Å². The maximum absolute atomic E-state index is 13.5. The van der Waals surface area contributed by atoms with E-state index in [1.54, 1.807) is 0 Å². The van der Waals surface area contributed by atoms with Gasteiger partial charge in [0.2, 0.25) is 15.8 Å². The highest BCUT2D eigenvalue weighted by atomic mass is 32.2. The van der Waals surface area contributed by atoms with Crippen LogP contribution in [0.5, 0.6) is 0 Å². The minimum Gasteiger partial charge on any atom is -0.478 e. The molecular weight excluding hydrogens is 435 g/mol. The number of benzene rings is 2. The third-order valence-electron chi connectivity index (χ3n) is 4.80. The molecule has 2 aromatic carbocycles. The number of nitrogens with two attached hydrogens (primary N) is 1. The molecule has 1 heterocycles. The Kier molecular flexibility index (Phi) is 5.35. The summed E-state index contributed by atoms with van der Waals surface area (Å²) < 4.78 is 69.3. The zero-order valence-electron chi connectivity index (χ0n) is 16.7. The fourth-order valence-electron chi connectivity index (χ4n) is 3.26. The van der Waals surface area contributed by atoms with Gasteiger partial charge in [-0.3, -0.25) is 9.59 Å². The fraction of sp³-hybridized carbons (Fsp3) is 0.238. The molecule has 1 aliphatic rings. The Morgan fingerprint density at radius 2 is 1.58 bits per heavy atom. The predicted molar refractivity (Wildman–Crippen MR) is 106 cm³/mol. The molecule has 0 spiro atoms. The molecule has 2 aromatic rings. The van der Waals surface area contributed by atoms with Crippen LogP contribution in [0.2, 0.25) is 0 Å². The highest BCUT2D eigenvalue weighted by Gasteiger charge is 2.44. The summed E-state index contributed by atoms with van der Waals surface area (Å²) >= 11 is 0. The molecule has 31 heavy (non-hydrogen) atoms. The molecule has 10 heteroatoms. The normalized spacial score (nSPS) is 16.4. The van der Waals surface area contributed by atoms with Gasteiger partial charge in [0.1, 0.15) is 5.76 Å². The van der Waals surface area contributed by atoms with Gasteiger partial charge in [0.25, 0.3) is 0 Å². The number of carbonyl (C=O) groups excluding carboxylic acids is 2. The summed E-state index contributed by atoms with van der Waals surface area (Å²) in [6.45, 7) is 3.96. The van der Waals surface area contributed by atoms with Crippen molar-refractivity contribution in [2.45, 2.75) is 37.4 Å². The van der Waals surface area contributed by atoms with Crippen molar-refractivity contribution in [2.75, 3.05) is 0 Å². The molecule has 3 rings (SSSR count). The molecule has 164 valence electrons. The molecule has 0 unspecified atom stereocenters. The number of primary sulfonamides is 1. The number of rotatable bonds is 4. The topological polar surface area (TPSA) is 104 Å². The van der Waals surface area contributed by atoms with Crippen LogP contribution in [-0.4, -0.2) is 25.6 Å². The van der Waals surface area contributed by atoms with Crippen LogP contribution in [0, 0.1) is 0 Å². The Labute approximate surface area is 176 Å². The molecule has 0 radical (unpaired) electrons. The standard InChI is InChI=1S/C21H18F3NO5S/c1-11(26)15-9-6-13(10-16(15)21(22,23)24)17-18(30-20(2,3)19(17)27)12-4-7-14(8-5-12)31(25,28)29/h4-10H,1-3H3,(H2,25,28,29). The smallest absolute Gasteiger partial charge is 0.417 e. The van der Waals surface area contributed by atoms with E-state index >= 15 is 0 Å². The van der Waals surface area contributed by atoms with Crippen molar-refractivity contribution in [3.63, 3.8) is 0 Å². The van der Waals surface area contributed by atoms with Crippen molar-refractivity contribution in [3.8, 4) is 0 Å². The molecule has 0 saturated heterocycles. The Morgan fingerprint density at radius 1 is 1.03 bits per heavy atom. The second-order valence-electron chi connectivity index (χ2n) is 7.53. The number of hydrogen-bond donors (Lipinski definition) is 1. The summed E-state index contributed by atoms with van der Waals surface area (Å²) in [5.74, 6) is -1.32. The number of Topliss-reactive ketones (excluding diaryl/α,β-unsaturated/α-hetero) is 2. The fourth-order valence-corrected chi connectivity index (χ4v) is 3.77. The Morgan fingerprint density at radius 3 is 2.06 bits per heavy atom. The van der Waals surface area contributed by atoms with Crippen LogP contribution in [0.3, 0.4) is 0 Å². The lowest BCUT2D eigenvalue weighted by molar-refractivity contribution is -0.138. The van der Waals surface area contributed by atoms with Crippen molar-refractivity contribution in [2.24, 2.45) is 5.14 Å². The lowest BCUT2D eigenvalue weighted by Gasteiger charge is -2.18. The number of sulfonamides is 1. The van der Waals surface area contributed by atoms with E-state index in [1.807, 2.05) is 0 Å². The van der Waals surface area contributed by atoms with Crippen molar-refractivity contribution in [3.05, 3.63) is 64.7 Å². The van der Waals surface area contributed by atoms with Gasteiger partial charge in [-0.25, -0.2) is 13.6 Å². The SMILES string of the molecule is CC(=O)c1ccc(C2=C(c3ccc(S(N)(=O)=O)cc3)OC(C)(C)C2=O)cc1C(F)(F)F. The molecule has 0 aromatic heterocycles. The lowest BCUT2D eigenvalue weighted by Crippen LogP contribution is -2.29. The molecule has 0 aliphatic carbocycles. The van der Waals surface area contributed by atoms with Crippen molar-refractivity contribution in [1.82, 2.24) is 0 Å². The third kappa shape index (κ3) is 4.26. The zero-order chi connectivity index (χ0) is 23.4. The molecule has 2 N–H and O–H groups in total. The number of halogens is 3. The summed E-state index contributed by atoms with van der Waals surface area (Å²) in [7, 11) is -3.96. The van der Waals surface area contributed by atoms with E-state index in [4.69, 9.17) is 9.88 Å². The quantitative estimate of drug-likeness (QED) is 0.710. The second-order valence-corrected chi connectivity index (χ2v) is 9.09. The monoisotopic (exact) mass is 453 g/mol. The minimum absolute atomic E-state index is 0.000307. The Hall–Kier alpha value is -2.98. The van der Waals surface area contributed by atoms with Crippen molar-refractivity contribution < 1.29 is 35.9 Å². The maximum Gasteiger partial charge on any atom is 0.417 e. The van der Waals surface area contributed by atoms with Gasteiger partial charge in [-0.15, -0.1) is 0 Å². The molecule has 1 aliphatic heterocycles. The predicted octanol–water partition coefficient (Wildman–Crippen LogP) is 3.80. The average molecular weight is 453 g/mol. The number of ketones is 2. The van der Waals surface area contributed by atoms with E-state index in [1.165, 1.54) is 44.2 Å². The first-order chi connectivity index (χ1) is 14.1. The largest absolute Gasteiger partial charge is 0.478 e. The summed E-state index contributed by atoms with van der Waals surface area (Å²) in [5.41, 5.74) is -2.92. The van der Waals surface area contributed by atoms with Crippen molar-refractivity contribution in [1.29, 1.82) is 0 Å². The minimum atomic E-state index is -4.81. The lowest BCUT2D eigenvalue weighted by atomic mass is 9.90. The van der Waals surface area contributed by atoms with Crippen LogP contribution in [-0.2, 0) is 25.7 Å². The molecule has 0 atom stereocenters. The van der Waals surface area contributed by atoms with E-state index in [0.717, 1.165) is 19.1 Å². The third-order valence-corrected chi connectivity index (χ3v) is 5.73. The molecular formula is C21H18F3NO5S. The van der Waals surface area contributed by atoms with Crippen LogP contribution in [0.4, 0.5) is 13.2 Å². The summed E-state index contributed by atoms with van der Waals surface area (Å²) in [6, 6.07) is 8.11. The average Bonchev–Trinajstić information content (AvgIpc) is 2.89. The first-order valence-electron chi connectivity index (χ1n) is 8.97. The van der Waals surface area contributed by atoms with Gasteiger partial charge in [0.15, 0.2) is 11.4 Å². The Bertz CT molecular complexity index is 1230. The maximum atomic E-state index is 13.5. The molecule has 0 fully saturated rings.